The number of halogens is 2. The minimum Gasteiger partial charge on any atom is -0.448 e. The molecule has 0 spiro atoms. The van der Waals surface area contributed by atoms with Gasteiger partial charge in [0.1, 0.15) is 12.4 Å². The summed E-state index contributed by atoms with van der Waals surface area (Å²) in [6, 6.07) is 0.0637. The van der Waals surface area contributed by atoms with E-state index in [1.165, 1.54) is 0 Å². The minimum atomic E-state index is -0.769. The first-order chi connectivity index (χ1) is 6.65. The Morgan fingerprint density at radius 3 is 2.87 bits per heavy atom. The predicted octanol–water partition coefficient (Wildman–Crippen LogP) is 1.18. The van der Waals surface area contributed by atoms with Crippen LogP contribution in [0, 0.1) is 5.41 Å². The Morgan fingerprint density at radius 2 is 2.33 bits per heavy atom. The number of nitrogens with zero attached hydrogens (tertiary/aromatic N) is 1. The zero-order chi connectivity index (χ0) is 10.6. The van der Waals surface area contributed by atoms with Gasteiger partial charge in [0.15, 0.2) is 0 Å². The van der Waals surface area contributed by atoms with Gasteiger partial charge in [-0.25, -0.2) is 4.79 Å². The third-order valence-electron chi connectivity index (χ3n) is 2.27. The first-order valence-corrected chi connectivity index (χ1v) is 5.01. The number of rotatable bonds is 3. The van der Waals surface area contributed by atoms with Crippen molar-refractivity contribution in [3.8, 4) is 0 Å². The molecule has 0 aliphatic carbocycles. The van der Waals surface area contributed by atoms with E-state index in [-0.39, 0.29) is 30.9 Å². The lowest BCUT2D eigenvalue weighted by molar-refractivity contribution is 0.132. The standard InChI is InChI=1S/C8H14ClN3O2.ClH/c9-4-7(10)12-3-1-2-6(12)5-14-8(11)13;/h6,10H,1-5H2,(H2,11,13);1H/t6-;/m0./s1. The number of primary amides is 1. The van der Waals surface area contributed by atoms with Crippen LogP contribution in [-0.2, 0) is 4.74 Å². The molecule has 0 unspecified atom stereocenters. The Hall–Kier alpha value is -0.680. The highest BCUT2D eigenvalue weighted by atomic mass is 35.5. The van der Waals surface area contributed by atoms with Crippen LogP contribution in [0.15, 0.2) is 0 Å². The first kappa shape index (κ1) is 14.3. The zero-order valence-corrected chi connectivity index (χ0v) is 9.81. The van der Waals surface area contributed by atoms with E-state index in [9.17, 15) is 4.79 Å². The van der Waals surface area contributed by atoms with Crippen molar-refractivity contribution in [1.82, 2.24) is 4.90 Å². The molecule has 0 aromatic rings. The summed E-state index contributed by atoms with van der Waals surface area (Å²) in [4.78, 5) is 12.3. The largest absolute Gasteiger partial charge is 0.448 e. The number of carbonyl (C=O) groups is 1. The Labute approximate surface area is 99.8 Å². The van der Waals surface area contributed by atoms with Crippen molar-refractivity contribution >= 4 is 35.9 Å². The fraction of sp³-hybridized carbons (Fsp3) is 0.750. The number of hydrogen-bond donors (Lipinski definition) is 2. The molecule has 88 valence electrons. The molecule has 7 heteroatoms. The maximum absolute atomic E-state index is 10.4. The van der Waals surface area contributed by atoms with E-state index < -0.39 is 6.09 Å². The molecule has 1 saturated heterocycles. The predicted molar refractivity (Wildman–Crippen MR) is 61.0 cm³/mol. The van der Waals surface area contributed by atoms with Crippen LogP contribution in [0.5, 0.6) is 0 Å². The van der Waals surface area contributed by atoms with E-state index in [2.05, 4.69) is 0 Å². The normalized spacial score (nSPS) is 19.5. The molecule has 0 aromatic carbocycles. The van der Waals surface area contributed by atoms with Gasteiger partial charge in [-0.3, -0.25) is 5.41 Å². The second-order valence-electron chi connectivity index (χ2n) is 3.20. The number of amidine groups is 1. The van der Waals surface area contributed by atoms with Gasteiger partial charge >= 0.3 is 6.09 Å². The maximum atomic E-state index is 10.4. The number of ether oxygens (including phenoxy) is 1. The SMILES string of the molecule is Cl.N=C(CCl)N1CCC[C@H]1COC(N)=O. The van der Waals surface area contributed by atoms with Crippen molar-refractivity contribution in [1.29, 1.82) is 5.41 Å². The van der Waals surface area contributed by atoms with Gasteiger partial charge < -0.3 is 15.4 Å². The van der Waals surface area contributed by atoms with Crippen molar-refractivity contribution in [3.05, 3.63) is 0 Å². The lowest BCUT2D eigenvalue weighted by Gasteiger charge is -2.25. The summed E-state index contributed by atoms with van der Waals surface area (Å²) in [7, 11) is 0. The van der Waals surface area contributed by atoms with E-state index in [0.29, 0.717) is 5.84 Å². The molecule has 0 radical (unpaired) electrons. The van der Waals surface area contributed by atoms with E-state index in [1.54, 1.807) is 0 Å². The minimum absolute atomic E-state index is 0. The molecule has 1 heterocycles. The van der Waals surface area contributed by atoms with Crippen LogP contribution in [0.4, 0.5) is 4.79 Å². The molecule has 1 atom stereocenters. The molecule has 1 rings (SSSR count). The molecule has 1 amide bonds. The molecular weight excluding hydrogens is 241 g/mol. The molecule has 1 aliphatic rings. The number of amides is 1. The second-order valence-corrected chi connectivity index (χ2v) is 3.47. The summed E-state index contributed by atoms with van der Waals surface area (Å²) in [5, 5.41) is 7.57. The topological polar surface area (TPSA) is 79.4 Å². The number of carbonyl (C=O) groups excluding carboxylic acids is 1. The van der Waals surface area contributed by atoms with Gasteiger partial charge in [0.2, 0.25) is 0 Å². The Morgan fingerprint density at radius 1 is 1.67 bits per heavy atom. The van der Waals surface area contributed by atoms with E-state index in [4.69, 9.17) is 27.5 Å². The molecule has 0 saturated carbocycles. The van der Waals surface area contributed by atoms with Gasteiger partial charge in [0.25, 0.3) is 0 Å². The summed E-state index contributed by atoms with van der Waals surface area (Å²) >= 11 is 5.56. The lowest BCUT2D eigenvalue weighted by atomic mass is 10.2. The fourth-order valence-corrected chi connectivity index (χ4v) is 1.77. The van der Waals surface area contributed by atoms with Crippen LogP contribution < -0.4 is 5.73 Å². The molecule has 0 aromatic heterocycles. The van der Waals surface area contributed by atoms with Crippen LogP contribution in [0.2, 0.25) is 0 Å². The Kier molecular flexibility index (Phi) is 6.43. The highest BCUT2D eigenvalue weighted by molar-refractivity contribution is 6.27. The maximum Gasteiger partial charge on any atom is 0.404 e. The van der Waals surface area contributed by atoms with Gasteiger partial charge in [0, 0.05) is 6.54 Å². The molecule has 1 aliphatic heterocycles. The Bertz CT molecular complexity index is 238. The zero-order valence-electron chi connectivity index (χ0n) is 8.24. The summed E-state index contributed by atoms with van der Waals surface area (Å²) in [5.41, 5.74) is 4.87. The number of nitrogens with two attached hydrogens (primary N) is 1. The molecule has 5 nitrogen and oxygen atoms in total. The van der Waals surface area contributed by atoms with Crippen molar-refractivity contribution in [2.45, 2.75) is 18.9 Å². The van der Waals surface area contributed by atoms with E-state index in [1.807, 2.05) is 4.90 Å². The first-order valence-electron chi connectivity index (χ1n) is 4.47. The van der Waals surface area contributed by atoms with E-state index >= 15 is 0 Å². The van der Waals surface area contributed by atoms with Gasteiger partial charge in [0.05, 0.1) is 11.9 Å². The van der Waals surface area contributed by atoms with Crippen molar-refractivity contribution in [2.24, 2.45) is 5.73 Å². The monoisotopic (exact) mass is 255 g/mol. The Balaban J connectivity index is 0.00000196. The third kappa shape index (κ3) is 4.13. The van der Waals surface area contributed by atoms with Gasteiger partial charge in [-0.15, -0.1) is 24.0 Å². The lowest BCUT2D eigenvalue weighted by Crippen LogP contribution is -2.39. The highest BCUT2D eigenvalue weighted by Gasteiger charge is 2.26. The molecule has 3 N–H and O–H groups in total. The van der Waals surface area contributed by atoms with Crippen LogP contribution in [0.25, 0.3) is 0 Å². The van der Waals surface area contributed by atoms with Crippen molar-refractivity contribution in [2.75, 3.05) is 19.0 Å². The van der Waals surface area contributed by atoms with Gasteiger partial charge in [-0.05, 0) is 12.8 Å². The molecule has 15 heavy (non-hydrogen) atoms. The van der Waals surface area contributed by atoms with Crippen molar-refractivity contribution in [3.63, 3.8) is 0 Å². The van der Waals surface area contributed by atoms with Crippen LogP contribution in [-0.4, -0.2) is 41.9 Å². The quantitative estimate of drug-likeness (QED) is 0.452. The number of nitrogens with one attached hydrogen (secondary N) is 1. The van der Waals surface area contributed by atoms with Crippen molar-refractivity contribution < 1.29 is 9.53 Å². The summed E-state index contributed by atoms with van der Waals surface area (Å²) in [5.74, 6) is 0.565. The molecule has 1 fully saturated rings. The fourth-order valence-electron chi connectivity index (χ4n) is 1.62. The van der Waals surface area contributed by atoms with Gasteiger partial charge in [-0.1, -0.05) is 0 Å². The average molecular weight is 256 g/mol. The van der Waals surface area contributed by atoms with Crippen LogP contribution in [0.3, 0.4) is 0 Å². The summed E-state index contributed by atoms with van der Waals surface area (Å²) in [6.07, 6.45) is 1.13. The molecule has 0 bridgehead atoms. The summed E-state index contributed by atoms with van der Waals surface area (Å²) in [6.45, 7) is 1.05. The number of alkyl halides is 1. The smallest absolute Gasteiger partial charge is 0.404 e. The number of likely N-dealkylation sites (tertiary alicyclic amines) is 1. The molecular formula is C8H15Cl2N3O2. The van der Waals surface area contributed by atoms with E-state index in [0.717, 1.165) is 19.4 Å². The average Bonchev–Trinajstić information content (AvgIpc) is 2.61. The third-order valence-corrected chi connectivity index (χ3v) is 2.52. The van der Waals surface area contributed by atoms with Crippen LogP contribution in [0.1, 0.15) is 12.8 Å². The van der Waals surface area contributed by atoms with Crippen LogP contribution >= 0.6 is 24.0 Å². The van der Waals surface area contributed by atoms with Gasteiger partial charge in [-0.2, -0.15) is 0 Å². The highest BCUT2D eigenvalue weighted by Crippen LogP contribution is 2.17. The second kappa shape index (κ2) is 6.74. The number of hydrogen-bond acceptors (Lipinski definition) is 3. The summed E-state index contributed by atoms with van der Waals surface area (Å²) < 4.78 is 4.71.